The summed E-state index contributed by atoms with van der Waals surface area (Å²) < 4.78 is 34.3. The Balaban J connectivity index is 1.31. The number of amides is 1. The molecule has 3 fully saturated rings. The summed E-state index contributed by atoms with van der Waals surface area (Å²) in [5.41, 5.74) is 0. The summed E-state index contributed by atoms with van der Waals surface area (Å²) in [5, 5.41) is 121. The van der Waals surface area contributed by atoms with E-state index in [9.17, 15) is 61.0 Å². The molecule has 0 bridgehead atoms. The fourth-order valence-electron chi connectivity index (χ4n) is 12.4. The molecule has 98 heavy (non-hydrogen) atoms. The number of carbonyl (C=O) groups is 1. The minimum atomic E-state index is -1.98. The van der Waals surface area contributed by atoms with Gasteiger partial charge in [-0.3, -0.25) is 4.79 Å². The lowest BCUT2D eigenvalue weighted by molar-refractivity contribution is -0.379. The third-order valence-corrected chi connectivity index (χ3v) is 18.6. The van der Waals surface area contributed by atoms with Crippen molar-refractivity contribution in [2.24, 2.45) is 0 Å². The van der Waals surface area contributed by atoms with Crippen LogP contribution in [0.1, 0.15) is 264 Å². The molecule has 3 aliphatic rings. The van der Waals surface area contributed by atoms with Gasteiger partial charge >= 0.3 is 0 Å². The van der Waals surface area contributed by atoms with Gasteiger partial charge in [-0.2, -0.15) is 0 Å². The van der Waals surface area contributed by atoms with Crippen molar-refractivity contribution in [3.8, 4) is 0 Å². The summed E-state index contributed by atoms with van der Waals surface area (Å²) in [6.07, 6.45) is 52.7. The Morgan fingerprint density at radius 3 is 1.14 bits per heavy atom. The first-order chi connectivity index (χ1) is 47.8. The molecule has 0 radical (unpaired) electrons. The Morgan fingerprint density at radius 1 is 0.378 bits per heavy atom. The zero-order valence-electron chi connectivity index (χ0n) is 60.2. The van der Waals surface area contributed by atoms with Crippen LogP contribution in [0.3, 0.4) is 0 Å². The Hall–Kier alpha value is -3.29. The van der Waals surface area contributed by atoms with Crippen LogP contribution < -0.4 is 5.32 Å². The average Bonchev–Trinajstić information content (AvgIpc) is 0.785. The molecule has 0 aromatic carbocycles. The fraction of sp³-hybridized carbons (Fsp3) is 0.785. The Labute approximate surface area is 590 Å². The van der Waals surface area contributed by atoms with Gasteiger partial charge < -0.3 is 89.9 Å². The highest BCUT2D eigenvalue weighted by Crippen LogP contribution is 2.33. The van der Waals surface area contributed by atoms with Crippen LogP contribution in [0.2, 0.25) is 0 Å². The lowest BCUT2D eigenvalue weighted by Gasteiger charge is -2.48. The minimum Gasteiger partial charge on any atom is -0.394 e. The van der Waals surface area contributed by atoms with Gasteiger partial charge in [-0.1, -0.05) is 272 Å². The number of nitrogens with one attached hydrogen (secondary N) is 1. The average molecular weight is 1390 g/mol. The summed E-state index contributed by atoms with van der Waals surface area (Å²) in [4.78, 5) is 13.4. The van der Waals surface area contributed by atoms with Crippen molar-refractivity contribution in [3.63, 3.8) is 0 Å². The van der Waals surface area contributed by atoms with E-state index in [4.69, 9.17) is 28.4 Å². The van der Waals surface area contributed by atoms with Crippen molar-refractivity contribution in [1.29, 1.82) is 0 Å². The molecule has 3 rings (SSSR count). The van der Waals surface area contributed by atoms with Crippen LogP contribution in [0.25, 0.3) is 0 Å². The second-order valence-corrected chi connectivity index (χ2v) is 27.1. The Kier molecular flexibility index (Phi) is 53.7. The molecule has 0 aromatic rings. The Morgan fingerprint density at radius 2 is 0.714 bits per heavy atom. The molecule has 566 valence electrons. The zero-order chi connectivity index (χ0) is 71.1. The van der Waals surface area contributed by atoms with Crippen LogP contribution >= 0.6 is 0 Å². The molecule has 17 unspecified atom stereocenters. The van der Waals surface area contributed by atoms with Crippen molar-refractivity contribution in [2.75, 3.05) is 26.4 Å². The van der Waals surface area contributed by atoms with E-state index in [-0.39, 0.29) is 18.9 Å². The van der Waals surface area contributed by atoms with E-state index < -0.39 is 124 Å². The Bertz CT molecular complexity index is 2150. The number of hydrogen-bond donors (Lipinski definition) is 12. The van der Waals surface area contributed by atoms with E-state index in [1.54, 1.807) is 6.08 Å². The van der Waals surface area contributed by atoms with Gasteiger partial charge in [0.05, 0.1) is 38.6 Å². The van der Waals surface area contributed by atoms with Crippen molar-refractivity contribution >= 4 is 5.91 Å². The van der Waals surface area contributed by atoms with Gasteiger partial charge in [0.15, 0.2) is 18.9 Å². The van der Waals surface area contributed by atoms with Crippen LogP contribution in [0.4, 0.5) is 0 Å². The van der Waals surface area contributed by atoms with Gasteiger partial charge in [-0.05, 0) is 83.5 Å². The zero-order valence-corrected chi connectivity index (χ0v) is 60.2. The number of unbranched alkanes of at least 4 members (excludes halogenated alkanes) is 29. The molecule has 0 saturated carbocycles. The van der Waals surface area contributed by atoms with Crippen molar-refractivity contribution in [1.82, 2.24) is 5.32 Å². The molecule has 12 N–H and O–H groups in total. The predicted octanol–water partition coefficient (Wildman–Crippen LogP) is 12.0. The number of aliphatic hydroxyl groups is 11. The standard InChI is InChI=1S/C79H137NO18/c1-3-5-7-9-11-13-15-17-19-20-21-22-23-24-25-26-27-28-29-30-31-32-33-34-35-36-37-38-39-40-41-42-43-45-47-49-51-53-55-57-67(85)80-62(63(84)56-54-52-50-48-46-44-18-16-14-12-10-8-6-4-2)61-93-77-73(91)70(88)75(65(59-82)95-77)98-79-74(92)71(89)76(66(60-83)96-79)97-78-72(90)69(87)68(86)64(58-81)94-78/h5,7,11,13,17,19,21-22,24-25,27-28,46,48,54,56,62-66,68-79,81-84,86-92H,3-4,6,8-10,12,14-16,18,20,23,26,29-45,47,49-53,55,57-61H2,1-2H3,(H,80,85)/b7-5-,13-11-,19-17-,22-21-,25-24-,28-27-,48-46+,56-54+. The maximum absolute atomic E-state index is 13.4. The molecule has 1 amide bonds. The van der Waals surface area contributed by atoms with E-state index in [1.807, 2.05) is 6.08 Å². The lowest BCUT2D eigenvalue weighted by Crippen LogP contribution is -2.66. The molecule has 0 aliphatic carbocycles. The van der Waals surface area contributed by atoms with Crippen LogP contribution in [0.15, 0.2) is 97.2 Å². The molecule has 19 nitrogen and oxygen atoms in total. The van der Waals surface area contributed by atoms with Gasteiger partial charge in [0, 0.05) is 6.42 Å². The third kappa shape index (κ3) is 39.4. The molecule has 3 saturated heterocycles. The lowest BCUT2D eigenvalue weighted by atomic mass is 9.96. The minimum absolute atomic E-state index is 0.234. The van der Waals surface area contributed by atoms with E-state index in [0.29, 0.717) is 12.8 Å². The van der Waals surface area contributed by atoms with Gasteiger partial charge in [-0.15, -0.1) is 0 Å². The molecule has 0 spiro atoms. The number of allylic oxidation sites excluding steroid dienone is 15. The van der Waals surface area contributed by atoms with Gasteiger partial charge in [0.1, 0.15) is 73.2 Å². The number of rotatable bonds is 59. The first-order valence-corrected chi connectivity index (χ1v) is 38.5. The molecule has 0 aromatic heterocycles. The van der Waals surface area contributed by atoms with E-state index in [2.05, 4.69) is 104 Å². The largest absolute Gasteiger partial charge is 0.394 e. The van der Waals surface area contributed by atoms with Crippen molar-refractivity contribution in [2.45, 2.75) is 369 Å². The molecular formula is C79H137NO18. The first kappa shape index (κ1) is 88.9. The van der Waals surface area contributed by atoms with E-state index in [0.717, 1.165) is 77.0 Å². The number of aliphatic hydroxyl groups excluding tert-OH is 11. The van der Waals surface area contributed by atoms with Gasteiger partial charge in [0.25, 0.3) is 0 Å². The SMILES string of the molecule is CC/C=C\C/C=C\C/C=C\C/C=C\C/C=C\C/C=C\CCCCCCCCCCCCCCCCCCCCCCC(=O)NC(COC1OC(CO)C(OC2OC(CO)C(OC3OC(CO)C(O)C(O)C3O)C(O)C2O)C(O)C1O)C(O)/C=C/CC/C=C/CCCCCCCCCC. The monoisotopic (exact) mass is 1390 g/mol. The highest BCUT2D eigenvalue weighted by Gasteiger charge is 2.53. The number of hydrogen-bond acceptors (Lipinski definition) is 18. The maximum atomic E-state index is 13.4. The smallest absolute Gasteiger partial charge is 0.220 e. The van der Waals surface area contributed by atoms with Gasteiger partial charge in [-0.25, -0.2) is 0 Å². The van der Waals surface area contributed by atoms with Gasteiger partial charge in [0.2, 0.25) is 5.91 Å². The molecule has 3 aliphatic heterocycles. The molecular weight excluding hydrogens is 1250 g/mol. The number of ether oxygens (including phenoxy) is 6. The summed E-state index contributed by atoms with van der Waals surface area (Å²) in [6.45, 7) is 1.59. The van der Waals surface area contributed by atoms with Crippen LogP contribution in [0, 0.1) is 0 Å². The van der Waals surface area contributed by atoms with Crippen molar-refractivity contribution < 1.29 is 89.4 Å². The highest BCUT2D eigenvalue weighted by molar-refractivity contribution is 5.76. The third-order valence-electron chi connectivity index (χ3n) is 18.6. The molecule has 3 heterocycles. The van der Waals surface area contributed by atoms with E-state index >= 15 is 0 Å². The summed E-state index contributed by atoms with van der Waals surface area (Å²) in [5.74, 6) is -0.285. The summed E-state index contributed by atoms with van der Waals surface area (Å²) >= 11 is 0. The predicted molar refractivity (Wildman–Crippen MR) is 387 cm³/mol. The molecule has 17 atom stereocenters. The summed E-state index contributed by atoms with van der Waals surface area (Å²) in [6, 6.07) is -0.992. The number of carbonyl (C=O) groups excluding carboxylic acids is 1. The molecule has 19 heteroatoms. The summed E-state index contributed by atoms with van der Waals surface area (Å²) in [7, 11) is 0. The second-order valence-electron chi connectivity index (χ2n) is 27.1. The first-order valence-electron chi connectivity index (χ1n) is 38.5. The topological polar surface area (TPSA) is 307 Å². The van der Waals surface area contributed by atoms with Crippen LogP contribution in [-0.2, 0) is 33.2 Å². The highest BCUT2D eigenvalue weighted by atomic mass is 16.8. The second kappa shape index (κ2) is 59.1. The normalized spacial score (nSPS) is 27.3. The van der Waals surface area contributed by atoms with Crippen LogP contribution in [0.5, 0.6) is 0 Å². The maximum Gasteiger partial charge on any atom is 0.220 e. The van der Waals surface area contributed by atoms with Crippen molar-refractivity contribution in [3.05, 3.63) is 97.2 Å². The fourth-order valence-corrected chi connectivity index (χ4v) is 12.4. The quantitative estimate of drug-likeness (QED) is 0.0199. The van der Waals surface area contributed by atoms with Crippen LogP contribution in [-0.4, -0.2) is 193 Å². The van der Waals surface area contributed by atoms with E-state index in [1.165, 1.54) is 154 Å².